The van der Waals surface area contributed by atoms with Gasteiger partial charge in [0.1, 0.15) is 11.6 Å². The van der Waals surface area contributed by atoms with Gasteiger partial charge < -0.3 is 14.2 Å². The monoisotopic (exact) mass is 421 g/mol. The molecule has 0 bridgehead atoms. The van der Waals surface area contributed by atoms with Gasteiger partial charge in [-0.15, -0.1) is 0 Å². The molecule has 3 aromatic rings. The highest BCUT2D eigenvalue weighted by Gasteiger charge is 2.31. The quantitative estimate of drug-likeness (QED) is 0.578. The average molecular weight is 421 g/mol. The molecular formula is C24H24FN3O3. The third kappa shape index (κ3) is 4.45. The minimum absolute atomic E-state index is 0.0408. The molecule has 1 saturated heterocycles. The fourth-order valence-corrected chi connectivity index (χ4v) is 3.94. The molecule has 1 atom stereocenters. The van der Waals surface area contributed by atoms with Gasteiger partial charge in [-0.3, -0.25) is 4.79 Å². The summed E-state index contributed by atoms with van der Waals surface area (Å²) in [6.07, 6.45) is 4.10. The molecule has 1 aromatic heterocycles. The van der Waals surface area contributed by atoms with E-state index in [1.807, 2.05) is 29.2 Å². The lowest BCUT2D eigenvalue weighted by molar-refractivity contribution is 0.0691. The van der Waals surface area contributed by atoms with Crippen molar-refractivity contribution in [2.24, 2.45) is 5.92 Å². The SMILES string of the molecule is O=C(c1ccccc1OCC1CC1)N1CCCC(c2nc(-c3cccc(F)c3)no2)C1. The molecular weight excluding hydrogens is 397 g/mol. The first-order chi connectivity index (χ1) is 15.2. The maximum Gasteiger partial charge on any atom is 0.257 e. The van der Waals surface area contributed by atoms with Crippen molar-refractivity contribution >= 4 is 5.91 Å². The van der Waals surface area contributed by atoms with Gasteiger partial charge in [-0.25, -0.2) is 4.39 Å². The lowest BCUT2D eigenvalue weighted by atomic mass is 9.97. The van der Waals surface area contributed by atoms with Crippen LogP contribution < -0.4 is 4.74 Å². The van der Waals surface area contributed by atoms with Gasteiger partial charge in [-0.05, 0) is 55.9 Å². The van der Waals surface area contributed by atoms with Gasteiger partial charge in [0.15, 0.2) is 0 Å². The molecule has 5 rings (SSSR count). The molecule has 1 saturated carbocycles. The van der Waals surface area contributed by atoms with Gasteiger partial charge in [-0.2, -0.15) is 4.98 Å². The van der Waals surface area contributed by atoms with Gasteiger partial charge in [0.25, 0.3) is 5.91 Å². The molecule has 2 aliphatic rings. The summed E-state index contributed by atoms with van der Waals surface area (Å²) in [5.74, 6) is 1.67. The van der Waals surface area contributed by atoms with Crippen LogP contribution in [0.2, 0.25) is 0 Å². The van der Waals surface area contributed by atoms with Crippen LogP contribution in [0.5, 0.6) is 5.75 Å². The summed E-state index contributed by atoms with van der Waals surface area (Å²) in [6.45, 7) is 1.84. The highest BCUT2D eigenvalue weighted by Crippen LogP contribution is 2.32. The van der Waals surface area contributed by atoms with Crippen molar-refractivity contribution in [3.63, 3.8) is 0 Å². The highest BCUT2D eigenvalue weighted by molar-refractivity contribution is 5.97. The smallest absolute Gasteiger partial charge is 0.257 e. The molecule has 7 heteroatoms. The maximum absolute atomic E-state index is 13.5. The van der Waals surface area contributed by atoms with Gasteiger partial charge in [0.05, 0.1) is 18.1 Å². The van der Waals surface area contributed by atoms with Crippen LogP contribution in [-0.4, -0.2) is 40.6 Å². The number of likely N-dealkylation sites (tertiary alicyclic amines) is 1. The van der Waals surface area contributed by atoms with Crippen molar-refractivity contribution in [3.8, 4) is 17.1 Å². The van der Waals surface area contributed by atoms with Crippen molar-refractivity contribution in [1.29, 1.82) is 0 Å². The van der Waals surface area contributed by atoms with E-state index in [0.29, 0.717) is 54.2 Å². The summed E-state index contributed by atoms with van der Waals surface area (Å²) in [5, 5.41) is 4.02. The van der Waals surface area contributed by atoms with E-state index in [2.05, 4.69) is 10.1 Å². The second kappa shape index (κ2) is 8.49. The van der Waals surface area contributed by atoms with Crippen molar-refractivity contribution in [2.75, 3.05) is 19.7 Å². The van der Waals surface area contributed by atoms with Gasteiger partial charge >= 0.3 is 0 Å². The second-order valence-corrected chi connectivity index (χ2v) is 8.31. The Balaban J connectivity index is 1.30. The van der Waals surface area contributed by atoms with Crippen molar-refractivity contribution < 1.29 is 18.4 Å². The number of ether oxygens (including phenoxy) is 1. The first-order valence-electron chi connectivity index (χ1n) is 10.8. The summed E-state index contributed by atoms with van der Waals surface area (Å²) in [6, 6.07) is 13.6. The molecule has 6 nitrogen and oxygen atoms in total. The number of nitrogens with zero attached hydrogens (tertiary/aromatic N) is 3. The topological polar surface area (TPSA) is 68.5 Å². The van der Waals surface area contributed by atoms with Crippen molar-refractivity contribution in [2.45, 2.75) is 31.6 Å². The minimum atomic E-state index is -0.346. The van der Waals surface area contributed by atoms with Crippen LogP contribution >= 0.6 is 0 Å². The van der Waals surface area contributed by atoms with Crippen molar-refractivity contribution in [1.82, 2.24) is 15.0 Å². The number of piperidine rings is 1. The highest BCUT2D eigenvalue weighted by atomic mass is 19.1. The first kappa shape index (κ1) is 19.7. The van der Waals surface area contributed by atoms with Crippen LogP contribution in [0.1, 0.15) is 47.8 Å². The predicted octanol–water partition coefficient (Wildman–Crippen LogP) is 4.68. The maximum atomic E-state index is 13.5. The Hall–Kier alpha value is -3.22. The number of benzene rings is 2. The minimum Gasteiger partial charge on any atom is -0.492 e. The summed E-state index contributed by atoms with van der Waals surface area (Å²) >= 11 is 0. The summed E-state index contributed by atoms with van der Waals surface area (Å²) in [7, 11) is 0. The van der Waals surface area contributed by atoms with E-state index in [1.165, 1.54) is 25.0 Å². The number of rotatable bonds is 6. The number of aromatic nitrogens is 2. The number of carbonyl (C=O) groups is 1. The van der Waals surface area contributed by atoms with E-state index < -0.39 is 0 Å². The largest absolute Gasteiger partial charge is 0.492 e. The fourth-order valence-electron chi connectivity index (χ4n) is 3.94. The zero-order valence-electron chi connectivity index (χ0n) is 17.2. The molecule has 0 spiro atoms. The fraction of sp³-hybridized carbons (Fsp3) is 0.375. The van der Waals surface area contributed by atoms with Crippen LogP contribution in [0, 0.1) is 11.7 Å². The molecule has 31 heavy (non-hydrogen) atoms. The Bertz CT molecular complexity index is 1080. The molecule has 0 radical (unpaired) electrons. The second-order valence-electron chi connectivity index (χ2n) is 8.31. The Kier molecular flexibility index (Phi) is 5.40. The summed E-state index contributed by atoms with van der Waals surface area (Å²) in [5.41, 5.74) is 1.16. The molecule has 1 aliphatic carbocycles. The molecule has 2 aromatic carbocycles. The van der Waals surface area contributed by atoms with Crippen LogP contribution in [0.25, 0.3) is 11.4 Å². The Morgan fingerprint density at radius 3 is 2.87 bits per heavy atom. The molecule has 1 unspecified atom stereocenters. The summed E-state index contributed by atoms with van der Waals surface area (Å²) < 4.78 is 24.9. The number of hydrogen-bond donors (Lipinski definition) is 0. The lowest BCUT2D eigenvalue weighted by Gasteiger charge is -2.31. The zero-order chi connectivity index (χ0) is 21.2. The van der Waals surface area contributed by atoms with Crippen LogP contribution in [0.15, 0.2) is 53.1 Å². The first-order valence-corrected chi connectivity index (χ1v) is 10.8. The number of carbonyl (C=O) groups excluding carboxylic acids is 1. The lowest BCUT2D eigenvalue weighted by Crippen LogP contribution is -2.39. The Morgan fingerprint density at radius 1 is 1.16 bits per heavy atom. The van der Waals surface area contributed by atoms with Gasteiger partial charge in [0.2, 0.25) is 11.7 Å². The van der Waals surface area contributed by atoms with Gasteiger partial charge in [0, 0.05) is 18.7 Å². The number of hydrogen-bond acceptors (Lipinski definition) is 5. The number of amides is 1. The van der Waals surface area contributed by atoms with E-state index >= 15 is 0 Å². The van der Waals surface area contributed by atoms with Crippen LogP contribution in [0.3, 0.4) is 0 Å². The van der Waals surface area contributed by atoms with E-state index in [-0.39, 0.29) is 17.6 Å². The predicted molar refractivity (Wildman–Crippen MR) is 112 cm³/mol. The zero-order valence-corrected chi connectivity index (χ0v) is 17.2. The molecule has 1 aliphatic heterocycles. The van der Waals surface area contributed by atoms with E-state index in [4.69, 9.17) is 9.26 Å². The Labute approximate surface area is 180 Å². The standard InChI is InChI=1S/C24H24FN3O3/c25-19-7-3-5-17(13-19)22-26-23(31-27-22)18-6-4-12-28(14-18)24(29)20-8-1-2-9-21(20)30-15-16-10-11-16/h1-3,5,7-9,13,16,18H,4,6,10-12,14-15H2. The van der Waals surface area contributed by atoms with E-state index in [9.17, 15) is 9.18 Å². The number of para-hydroxylation sites is 1. The van der Waals surface area contributed by atoms with E-state index in [0.717, 1.165) is 12.8 Å². The molecule has 0 N–H and O–H groups in total. The number of halogens is 1. The van der Waals surface area contributed by atoms with Crippen molar-refractivity contribution in [3.05, 3.63) is 65.8 Å². The van der Waals surface area contributed by atoms with E-state index in [1.54, 1.807) is 12.1 Å². The summed E-state index contributed by atoms with van der Waals surface area (Å²) in [4.78, 5) is 19.6. The molecule has 160 valence electrons. The van der Waals surface area contributed by atoms with Crippen LogP contribution in [0.4, 0.5) is 4.39 Å². The average Bonchev–Trinajstić information content (AvgIpc) is 3.50. The molecule has 2 fully saturated rings. The normalized spacial score (nSPS) is 18.7. The Morgan fingerprint density at radius 2 is 2.03 bits per heavy atom. The third-order valence-corrected chi connectivity index (χ3v) is 5.87. The van der Waals surface area contributed by atoms with Crippen LogP contribution in [-0.2, 0) is 0 Å². The van der Waals surface area contributed by atoms with Gasteiger partial charge in [-0.1, -0.05) is 29.4 Å². The molecule has 1 amide bonds. The molecule has 2 heterocycles. The third-order valence-electron chi connectivity index (χ3n) is 5.87.